The first-order valence-electron chi connectivity index (χ1n) is 10.4. The molecular weight excluding hydrogens is 365 g/mol. The molecule has 4 rings (SSSR count). The summed E-state index contributed by atoms with van der Waals surface area (Å²) in [5, 5.41) is 8.35. The average Bonchev–Trinajstić information content (AvgIpc) is 3.21. The summed E-state index contributed by atoms with van der Waals surface area (Å²) in [6, 6.07) is 15.1. The summed E-state index contributed by atoms with van der Waals surface area (Å²) in [6.07, 6.45) is 4.10. The van der Waals surface area contributed by atoms with E-state index in [4.69, 9.17) is 0 Å². The first kappa shape index (κ1) is 19.6. The topological polar surface area (TPSA) is 37.2 Å². The second-order valence-electron chi connectivity index (χ2n) is 7.70. The number of anilines is 1. The standard InChI is InChI=1S/C23H28FN5/c1-19-7-2-3-10-23(19)28-15-13-27(14-16-28)11-4-5-12-29-18-22(25-26-29)20-8-6-9-21(24)17-20/h2-3,6-10,17-18H,4-5,11-16H2,1H3. The van der Waals surface area contributed by atoms with E-state index < -0.39 is 0 Å². The number of unbranched alkanes of at least 4 members (excludes halogenated alkanes) is 1. The Hall–Kier alpha value is -2.73. The van der Waals surface area contributed by atoms with Gasteiger partial charge in [0.1, 0.15) is 11.5 Å². The second-order valence-corrected chi connectivity index (χ2v) is 7.70. The molecule has 29 heavy (non-hydrogen) atoms. The molecule has 0 radical (unpaired) electrons. The highest BCUT2D eigenvalue weighted by Crippen LogP contribution is 2.21. The number of hydrogen-bond donors (Lipinski definition) is 0. The molecule has 5 nitrogen and oxygen atoms in total. The van der Waals surface area contributed by atoms with Gasteiger partial charge in [-0.25, -0.2) is 4.39 Å². The predicted octanol–water partition coefficient (Wildman–Crippen LogP) is 4.00. The Balaban J connectivity index is 1.19. The molecule has 1 aromatic heterocycles. The van der Waals surface area contributed by atoms with Crippen molar-refractivity contribution in [2.24, 2.45) is 0 Å². The van der Waals surface area contributed by atoms with Crippen LogP contribution in [0, 0.1) is 12.7 Å². The summed E-state index contributed by atoms with van der Waals surface area (Å²) in [4.78, 5) is 5.05. The van der Waals surface area contributed by atoms with Crippen molar-refractivity contribution >= 4 is 5.69 Å². The fourth-order valence-electron chi connectivity index (χ4n) is 3.93. The van der Waals surface area contributed by atoms with Crippen molar-refractivity contribution in [2.75, 3.05) is 37.6 Å². The third-order valence-electron chi connectivity index (χ3n) is 5.60. The van der Waals surface area contributed by atoms with Crippen LogP contribution < -0.4 is 4.90 Å². The fraction of sp³-hybridized carbons (Fsp3) is 0.391. The number of rotatable bonds is 7. The van der Waals surface area contributed by atoms with E-state index in [1.807, 2.05) is 16.9 Å². The predicted molar refractivity (Wildman–Crippen MR) is 114 cm³/mol. The van der Waals surface area contributed by atoms with Crippen LogP contribution >= 0.6 is 0 Å². The zero-order valence-corrected chi connectivity index (χ0v) is 17.0. The molecule has 2 aromatic carbocycles. The lowest BCUT2D eigenvalue weighted by molar-refractivity contribution is 0.250. The SMILES string of the molecule is Cc1ccccc1N1CCN(CCCCn2cc(-c3cccc(F)c3)nn2)CC1. The van der Waals surface area contributed by atoms with Gasteiger partial charge in [0.15, 0.2) is 0 Å². The number of para-hydroxylation sites is 1. The lowest BCUT2D eigenvalue weighted by Gasteiger charge is -2.36. The van der Waals surface area contributed by atoms with Crippen LogP contribution in [0.25, 0.3) is 11.3 Å². The Bertz CT molecular complexity index is 930. The summed E-state index contributed by atoms with van der Waals surface area (Å²) in [5.74, 6) is -0.250. The summed E-state index contributed by atoms with van der Waals surface area (Å²) < 4.78 is 15.2. The fourth-order valence-corrected chi connectivity index (χ4v) is 3.93. The maximum absolute atomic E-state index is 13.4. The van der Waals surface area contributed by atoms with Gasteiger partial charge in [-0.1, -0.05) is 35.5 Å². The van der Waals surface area contributed by atoms with Gasteiger partial charge in [-0.3, -0.25) is 9.58 Å². The molecule has 2 heterocycles. The van der Waals surface area contributed by atoms with Crippen LogP contribution in [0.2, 0.25) is 0 Å². The summed E-state index contributed by atoms with van der Waals surface area (Å²) in [6.45, 7) is 8.54. The Morgan fingerprint density at radius 2 is 1.72 bits per heavy atom. The molecule has 1 fully saturated rings. The molecule has 152 valence electrons. The van der Waals surface area contributed by atoms with Crippen LogP contribution in [-0.2, 0) is 6.54 Å². The molecule has 0 amide bonds. The largest absolute Gasteiger partial charge is 0.369 e. The normalized spacial score (nSPS) is 15.0. The number of aromatic nitrogens is 3. The van der Waals surface area contributed by atoms with Crippen molar-refractivity contribution in [3.63, 3.8) is 0 Å². The summed E-state index contributed by atoms with van der Waals surface area (Å²) in [5.41, 5.74) is 4.21. The van der Waals surface area contributed by atoms with E-state index in [1.165, 1.54) is 23.4 Å². The average molecular weight is 394 g/mol. The Morgan fingerprint density at radius 3 is 2.52 bits per heavy atom. The van der Waals surface area contributed by atoms with Crippen molar-refractivity contribution in [3.8, 4) is 11.3 Å². The van der Waals surface area contributed by atoms with Crippen molar-refractivity contribution in [2.45, 2.75) is 26.3 Å². The number of piperazine rings is 1. The van der Waals surface area contributed by atoms with Gasteiger partial charge in [-0.05, 0) is 50.1 Å². The van der Waals surface area contributed by atoms with E-state index in [9.17, 15) is 4.39 Å². The quantitative estimate of drug-likeness (QED) is 0.569. The second kappa shape index (κ2) is 9.18. The molecule has 6 heteroatoms. The highest BCUT2D eigenvalue weighted by atomic mass is 19.1. The maximum atomic E-state index is 13.4. The van der Waals surface area contributed by atoms with Gasteiger partial charge in [-0.2, -0.15) is 0 Å². The van der Waals surface area contributed by atoms with Crippen LogP contribution in [-0.4, -0.2) is 52.6 Å². The van der Waals surface area contributed by atoms with Crippen LogP contribution in [0.5, 0.6) is 0 Å². The summed E-state index contributed by atoms with van der Waals surface area (Å²) >= 11 is 0. The number of benzene rings is 2. The van der Waals surface area contributed by atoms with E-state index in [0.29, 0.717) is 0 Å². The van der Waals surface area contributed by atoms with E-state index in [2.05, 4.69) is 51.3 Å². The zero-order valence-electron chi connectivity index (χ0n) is 17.0. The number of halogens is 1. The highest BCUT2D eigenvalue weighted by molar-refractivity contribution is 5.57. The molecule has 3 aromatic rings. The third kappa shape index (κ3) is 5.01. The van der Waals surface area contributed by atoms with Gasteiger partial charge < -0.3 is 4.90 Å². The van der Waals surface area contributed by atoms with Crippen LogP contribution in [0.3, 0.4) is 0 Å². The van der Waals surface area contributed by atoms with E-state index in [-0.39, 0.29) is 5.82 Å². The lowest BCUT2D eigenvalue weighted by atomic mass is 10.1. The minimum atomic E-state index is -0.250. The van der Waals surface area contributed by atoms with Gasteiger partial charge >= 0.3 is 0 Å². The van der Waals surface area contributed by atoms with Gasteiger partial charge in [0.25, 0.3) is 0 Å². The van der Waals surface area contributed by atoms with Gasteiger partial charge in [-0.15, -0.1) is 5.10 Å². The molecule has 0 unspecified atom stereocenters. The molecule has 0 bridgehead atoms. The zero-order chi connectivity index (χ0) is 20.1. The highest BCUT2D eigenvalue weighted by Gasteiger charge is 2.17. The van der Waals surface area contributed by atoms with Gasteiger partial charge in [0, 0.05) is 44.0 Å². The molecule has 1 aliphatic heterocycles. The Kier molecular flexibility index (Phi) is 6.20. The van der Waals surface area contributed by atoms with Crippen molar-refractivity contribution in [1.29, 1.82) is 0 Å². The maximum Gasteiger partial charge on any atom is 0.123 e. The van der Waals surface area contributed by atoms with Gasteiger partial charge in [0.05, 0.1) is 6.20 Å². The number of aryl methyl sites for hydroxylation is 2. The van der Waals surface area contributed by atoms with Crippen molar-refractivity contribution in [3.05, 3.63) is 66.1 Å². The first-order valence-corrected chi connectivity index (χ1v) is 10.4. The molecule has 1 saturated heterocycles. The lowest BCUT2D eigenvalue weighted by Crippen LogP contribution is -2.46. The minimum Gasteiger partial charge on any atom is -0.369 e. The monoisotopic (exact) mass is 393 g/mol. The van der Waals surface area contributed by atoms with E-state index in [1.54, 1.807) is 6.07 Å². The molecule has 0 N–H and O–H groups in total. The number of nitrogens with zero attached hydrogens (tertiary/aromatic N) is 5. The molecule has 0 spiro atoms. The van der Waals surface area contributed by atoms with Crippen molar-refractivity contribution < 1.29 is 4.39 Å². The van der Waals surface area contributed by atoms with E-state index >= 15 is 0 Å². The Labute approximate surface area is 171 Å². The summed E-state index contributed by atoms with van der Waals surface area (Å²) in [7, 11) is 0. The van der Waals surface area contributed by atoms with Gasteiger partial charge in [0.2, 0.25) is 0 Å². The molecule has 0 saturated carbocycles. The van der Waals surface area contributed by atoms with E-state index in [0.717, 1.165) is 63.4 Å². The third-order valence-corrected chi connectivity index (χ3v) is 5.60. The minimum absolute atomic E-state index is 0.250. The molecule has 1 aliphatic rings. The number of hydrogen-bond acceptors (Lipinski definition) is 4. The van der Waals surface area contributed by atoms with Crippen LogP contribution in [0.15, 0.2) is 54.7 Å². The molecule has 0 atom stereocenters. The van der Waals surface area contributed by atoms with Crippen LogP contribution in [0.1, 0.15) is 18.4 Å². The Morgan fingerprint density at radius 1 is 0.931 bits per heavy atom. The van der Waals surface area contributed by atoms with Crippen LogP contribution in [0.4, 0.5) is 10.1 Å². The molecular formula is C23H28FN5. The molecule has 0 aliphatic carbocycles. The first-order chi connectivity index (χ1) is 14.2. The van der Waals surface area contributed by atoms with Crippen molar-refractivity contribution in [1.82, 2.24) is 19.9 Å². The smallest absolute Gasteiger partial charge is 0.123 e.